The Kier molecular flexibility index (Phi) is 6.51. The number of hydrogen-bond donors (Lipinski definition) is 1. The number of carbonyl (C=O) groups is 1. The molecule has 0 heterocycles. The van der Waals surface area contributed by atoms with Gasteiger partial charge in [0.25, 0.3) is 5.91 Å². The summed E-state index contributed by atoms with van der Waals surface area (Å²) in [5, 5.41) is 4.06. The average Bonchev–Trinajstić information content (AvgIpc) is 2.85. The van der Waals surface area contributed by atoms with Crippen molar-refractivity contribution in [3.05, 3.63) is 126 Å². The van der Waals surface area contributed by atoms with Crippen molar-refractivity contribution in [2.45, 2.75) is 6.61 Å². The molecule has 0 spiro atoms. The fourth-order valence-corrected chi connectivity index (χ4v) is 3.07. The van der Waals surface area contributed by atoms with Crippen molar-refractivity contribution in [2.24, 2.45) is 5.10 Å². The molecule has 0 saturated carbocycles. The van der Waals surface area contributed by atoms with Gasteiger partial charge >= 0.3 is 0 Å². The van der Waals surface area contributed by atoms with Crippen LogP contribution in [-0.4, -0.2) is 12.1 Å². The molecule has 0 aliphatic rings. The maximum Gasteiger partial charge on any atom is 0.271 e. The first kappa shape index (κ1) is 20.1. The second-order valence-electron chi connectivity index (χ2n) is 6.99. The molecule has 1 N–H and O–H groups in total. The minimum absolute atomic E-state index is 0.251. The number of hydrogen-bond acceptors (Lipinski definition) is 3. The molecule has 0 bridgehead atoms. The Labute approximate surface area is 181 Å². The van der Waals surface area contributed by atoms with Gasteiger partial charge in [-0.3, -0.25) is 4.79 Å². The van der Waals surface area contributed by atoms with Gasteiger partial charge in [-0.15, -0.1) is 0 Å². The van der Waals surface area contributed by atoms with E-state index in [2.05, 4.69) is 10.5 Å². The van der Waals surface area contributed by atoms with Crippen LogP contribution in [-0.2, 0) is 6.61 Å². The molecule has 4 aromatic carbocycles. The fourth-order valence-electron chi connectivity index (χ4n) is 3.07. The number of ether oxygens (including phenoxy) is 1. The predicted molar refractivity (Wildman–Crippen MR) is 124 cm³/mol. The molecule has 4 aromatic rings. The molecule has 0 fully saturated rings. The lowest BCUT2D eigenvalue weighted by molar-refractivity contribution is 0.0955. The third-order valence-electron chi connectivity index (χ3n) is 4.76. The van der Waals surface area contributed by atoms with Crippen molar-refractivity contribution in [1.82, 2.24) is 5.43 Å². The number of benzene rings is 4. The highest BCUT2D eigenvalue weighted by atomic mass is 16.5. The van der Waals surface area contributed by atoms with Gasteiger partial charge in [0.15, 0.2) is 0 Å². The molecule has 0 saturated heterocycles. The van der Waals surface area contributed by atoms with Gasteiger partial charge in [0.05, 0.1) is 6.21 Å². The summed E-state index contributed by atoms with van der Waals surface area (Å²) in [6, 6.07) is 35.1. The predicted octanol–water partition coefficient (Wildman–Crippen LogP) is 5.70. The van der Waals surface area contributed by atoms with Crippen molar-refractivity contribution >= 4 is 12.1 Å². The summed E-state index contributed by atoms with van der Waals surface area (Å²) >= 11 is 0. The van der Waals surface area contributed by atoms with E-state index in [1.807, 2.05) is 97.1 Å². The third kappa shape index (κ3) is 5.67. The second-order valence-corrected chi connectivity index (χ2v) is 6.99. The molecular formula is C27H22N2O2. The van der Waals surface area contributed by atoms with Gasteiger partial charge in [-0.05, 0) is 58.7 Å². The number of rotatable bonds is 7. The van der Waals surface area contributed by atoms with Gasteiger partial charge in [0, 0.05) is 5.56 Å². The number of nitrogens with one attached hydrogen (secondary N) is 1. The topological polar surface area (TPSA) is 50.7 Å². The standard InChI is InChI=1S/C27H22N2O2/c30-27(25-15-13-24(14-16-25)23-9-5-2-6-10-23)29-28-19-21-11-17-26(18-12-21)31-20-22-7-3-1-4-8-22/h1-19H,20H2,(H,29,30). The summed E-state index contributed by atoms with van der Waals surface area (Å²) in [4.78, 5) is 12.3. The molecule has 4 heteroatoms. The van der Waals surface area contributed by atoms with Crippen molar-refractivity contribution in [3.8, 4) is 16.9 Å². The number of hydrazone groups is 1. The summed E-state index contributed by atoms with van der Waals surface area (Å²) in [6.07, 6.45) is 1.61. The van der Waals surface area contributed by atoms with Crippen molar-refractivity contribution in [2.75, 3.05) is 0 Å². The zero-order valence-corrected chi connectivity index (χ0v) is 16.9. The lowest BCUT2D eigenvalue weighted by Gasteiger charge is -2.06. The first-order valence-electron chi connectivity index (χ1n) is 10.0. The molecule has 0 aliphatic carbocycles. The van der Waals surface area contributed by atoms with Crippen molar-refractivity contribution in [3.63, 3.8) is 0 Å². The van der Waals surface area contributed by atoms with E-state index in [1.165, 1.54) is 0 Å². The van der Waals surface area contributed by atoms with Gasteiger partial charge in [-0.2, -0.15) is 5.10 Å². The van der Waals surface area contributed by atoms with Crippen LogP contribution in [0.4, 0.5) is 0 Å². The molecule has 0 atom stereocenters. The van der Waals surface area contributed by atoms with Gasteiger partial charge in [-0.1, -0.05) is 72.8 Å². The summed E-state index contributed by atoms with van der Waals surface area (Å²) in [5.74, 6) is 0.530. The molecule has 31 heavy (non-hydrogen) atoms. The zero-order chi connectivity index (χ0) is 21.3. The van der Waals surface area contributed by atoms with E-state index in [0.717, 1.165) is 28.0 Å². The van der Waals surface area contributed by atoms with E-state index in [-0.39, 0.29) is 5.91 Å². The quantitative estimate of drug-likeness (QED) is 0.316. The Morgan fingerprint density at radius 1 is 0.742 bits per heavy atom. The van der Waals surface area contributed by atoms with E-state index in [0.29, 0.717) is 12.2 Å². The maximum atomic E-state index is 12.3. The molecule has 4 nitrogen and oxygen atoms in total. The van der Waals surface area contributed by atoms with Crippen LogP contribution in [0.15, 0.2) is 114 Å². The summed E-state index contributed by atoms with van der Waals surface area (Å²) < 4.78 is 5.77. The number of carbonyl (C=O) groups excluding carboxylic acids is 1. The van der Waals surface area contributed by atoms with Crippen LogP contribution in [0, 0.1) is 0 Å². The van der Waals surface area contributed by atoms with Gasteiger partial charge in [0.2, 0.25) is 0 Å². The Hall–Kier alpha value is -4.18. The van der Waals surface area contributed by atoms with E-state index >= 15 is 0 Å². The molecule has 152 valence electrons. The van der Waals surface area contributed by atoms with E-state index in [9.17, 15) is 4.79 Å². The van der Waals surface area contributed by atoms with Crippen LogP contribution in [0.2, 0.25) is 0 Å². The molecule has 4 rings (SSSR count). The van der Waals surface area contributed by atoms with Crippen LogP contribution < -0.4 is 10.2 Å². The van der Waals surface area contributed by atoms with E-state index in [1.54, 1.807) is 18.3 Å². The highest BCUT2D eigenvalue weighted by Crippen LogP contribution is 2.19. The highest BCUT2D eigenvalue weighted by molar-refractivity contribution is 5.95. The smallest absolute Gasteiger partial charge is 0.271 e. The van der Waals surface area contributed by atoms with E-state index in [4.69, 9.17) is 4.74 Å². The van der Waals surface area contributed by atoms with Crippen molar-refractivity contribution in [1.29, 1.82) is 0 Å². The largest absolute Gasteiger partial charge is 0.489 e. The Morgan fingerprint density at radius 3 is 2.03 bits per heavy atom. The average molecular weight is 406 g/mol. The van der Waals surface area contributed by atoms with Crippen LogP contribution in [0.1, 0.15) is 21.5 Å². The van der Waals surface area contributed by atoms with Crippen LogP contribution >= 0.6 is 0 Å². The highest BCUT2D eigenvalue weighted by Gasteiger charge is 2.05. The summed E-state index contributed by atoms with van der Waals surface area (Å²) in [6.45, 7) is 0.521. The van der Waals surface area contributed by atoms with Crippen LogP contribution in [0.5, 0.6) is 5.75 Å². The van der Waals surface area contributed by atoms with Gasteiger partial charge in [0.1, 0.15) is 12.4 Å². The Morgan fingerprint density at radius 2 is 1.35 bits per heavy atom. The molecule has 0 aliphatic heterocycles. The summed E-state index contributed by atoms with van der Waals surface area (Å²) in [5.41, 5.74) is 7.29. The molecule has 0 unspecified atom stereocenters. The maximum absolute atomic E-state index is 12.3. The summed E-state index contributed by atoms with van der Waals surface area (Å²) in [7, 11) is 0. The SMILES string of the molecule is O=C(NN=Cc1ccc(OCc2ccccc2)cc1)c1ccc(-c2ccccc2)cc1. The lowest BCUT2D eigenvalue weighted by Crippen LogP contribution is -2.17. The van der Waals surface area contributed by atoms with Crippen molar-refractivity contribution < 1.29 is 9.53 Å². The number of amides is 1. The van der Waals surface area contributed by atoms with E-state index < -0.39 is 0 Å². The molecule has 1 amide bonds. The first-order chi connectivity index (χ1) is 15.3. The fraction of sp³-hybridized carbons (Fsp3) is 0.0370. The Balaban J connectivity index is 1.29. The van der Waals surface area contributed by atoms with Crippen LogP contribution in [0.25, 0.3) is 11.1 Å². The van der Waals surface area contributed by atoms with Gasteiger partial charge in [-0.25, -0.2) is 5.43 Å². The molecule has 0 radical (unpaired) electrons. The molecule has 0 aromatic heterocycles. The normalized spacial score (nSPS) is 10.7. The lowest BCUT2D eigenvalue weighted by atomic mass is 10.0. The Bertz CT molecular complexity index is 1140. The molecular weight excluding hydrogens is 384 g/mol. The third-order valence-corrected chi connectivity index (χ3v) is 4.76. The second kappa shape index (κ2) is 10.0. The minimum atomic E-state index is -0.251. The monoisotopic (exact) mass is 406 g/mol. The minimum Gasteiger partial charge on any atom is -0.489 e. The zero-order valence-electron chi connectivity index (χ0n) is 16.9. The first-order valence-corrected chi connectivity index (χ1v) is 10.0. The van der Waals surface area contributed by atoms with Gasteiger partial charge < -0.3 is 4.74 Å². The number of nitrogens with zero attached hydrogens (tertiary/aromatic N) is 1. The van der Waals surface area contributed by atoms with Crippen LogP contribution in [0.3, 0.4) is 0 Å².